The molecule has 1 saturated carbocycles. The number of carbonyl (C=O) groups is 2. The van der Waals surface area contributed by atoms with E-state index in [4.69, 9.17) is 9.47 Å². The summed E-state index contributed by atoms with van der Waals surface area (Å²) < 4.78 is 9.51. The molecule has 0 unspecified atom stereocenters. The molecule has 104 valence electrons. The van der Waals surface area contributed by atoms with Crippen molar-refractivity contribution in [2.45, 2.75) is 0 Å². The van der Waals surface area contributed by atoms with Crippen LogP contribution in [0.4, 0.5) is 0 Å². The van der Waals surface area contributed by atoms with E-state index in [-0.39, 0.29) is 0 Å². The van der Waals surface area contributed by atoms with Crippen LogP contribution in [0, 0.1) is 58.2 Å². The van der Waals surface area contributed by atoms with Crippen LogP contribution in [0.25, 0.3) is 0 Å². The first-order valence-electron chi connectivity index (χ1n) is 6.23. The number of nitrogens with zero attached hydrogens (tertiary/aromatic N) is 2. The van der Waals surface area contributed by atoms with Crippen LogP contribution in [0.3, 0.4) is 0 Å². The Morgan fingerprint density at radius 1 is 0.900 bits per heavy atom. The average molecular weight is 274 g/mol. The van der Waals surface area contributed by atoms with Crippen molar-refractivity contribution in [2.24, 2.45) is 35.5 Å². The molecule has 6 nitrogen and oxygen atoms in total. The molecule has 6 atom stereocenters. The molecular weight excluding hydrogens is 260 g/mol. The second-order valence-corrected chi connectivity index (χ2v) is 4.95. The van der Waals surface area contributed by atoms with Crippen molar-refractivity contribution in [1.82, 2.24) is 0 Å². The Balaban J connectivity index is 2.49. The van der Waals surface area contributed by atoms with Crippen molar-refractivity contribution in [3.8, 4) is 12.1 Å². The standard InChI is InChI=1S/C14H14N2O4/c1-19-13(17)11-7-3-4-8(12(11)14(18)20-2)10(6-16)9(7)5-15/h3-4,7-12H,1-2H3/t7-,8-,9-,10+,11-,12+/m1/s1. The molecule has 0 saturated heterocycles. The molecule has 0 aliphatic heterocycles. The maximum absolute atomic E-state index is 12.0. The van der Waals surface area contributed by atoms with E-state index >= 15 is 0 Å². The molecule has 0 N–H and O–H groups in total. The Labute approximate surface area is 116 Å². The van der Waals surface area contributed by atoms with Gasteiger partial charge in [-0.05, 0) is 0 Å². The van der Waals surface area contributed by atoms with E-state index < -0.39 is 47.4 Å². The van der Waals surface area contributed by atoms with Gasteiger partial charge >= 0.3 is 11.9 Å². The molecule has 3 aliphatic carbocycles. The first-order valence-corrected chi connectivity index (χ1v) is 6.23. The molecule has 0 radical (unpaired) electrons. The molecule has 0 spiro atoms. The minimum atomic E-state index is -0.767. The molecule has 20 heavy (non-hydrogen) atoms. The quantitative estimate of drug-likeness (QED) is 0.541. The highest BCUT2D eigenvalue weighted by Crippen LogP contribution is 2.51. The summed E-state index contributed by atoms with van der Waals surface area (Å²) in [4.78, 5) is 24.0. The van der Waals surface area contributed by atoms with Gasteiger partial charge in [-0.1, -0.05) is 12.2 Å². The number of ether oxygens (including phenoxy) is 2. The lowest BCUT2D eigenvalue weighted by molar-refractivity contribution is -0.166. The average Bonchev–Trinajstić information content (AvgIpc) is 2.51. The maximum atomic E-state index is 12.0. The fourth-order valence-corrected chi connectivity index (χ4v) is 3.35. The summed E-state index contributed by atoms with van der Waals surface area (Å²) in [5.74, 6) is -4.83. The first-order chi connectivity index (χ1) is 9.60. The summed E-state index contributed by atoms with van der Waals surface area (Å²) in [6.45, 7) is 0. The van der Waals surface area contributed by atoms with E-state index in [2.05, 4.69) is 12.1 Å². The Kier molecular flexibility index (Phi) is 3.76. The lowest BCUT2D eigenvalue weighted by atomic mass is 9.53. The minimum absolute atomic E-state index is 0.494. The van der Waals surface area contributed by atoms with Crippen molar-refractivity contribution < 1.29 is 19.1 Å². The second kappa shape index (κ2) is 5.34. The van der Waals surface area contributed by atoms with Gasteiger partial charge in [-0.3, -0.25) is 9.59 Å². The van der Waals surface area contributed by atoms with E-state index in [0.29, 0.717) is 0 Å². The SMILES string of the molecule is COC(=O)[C@@H]1[C@@H]2C=C[C@H]([C@H](C#N)[C@@H]2C#N)[C@@H]1C(=O)OC. The van der Waals surface area contributed by atoms with Crippen LogP contribution in [-0.4, -0.2) is 26.2 Å². The van der Waals surface area contributed by atoms with Gasteiger partial charge in [-0.15, -0.1) is 0 Å². The smallest absolute Gasteiger partial charge is 0.310 e. The van der Waals surface area contributed by atoms with E-state index in [9.17, 15) is 20.1 Å². The van der Waals surface area contributed by atoms with Gasteiger partial charge in [0.15, 0.2) is 0 Å². The molecule has 6 heteroatoms. The molecule has 2 bridgehead atoms. The maximum Gasteiger partial charge on any atom is 0.310 e. The zero-order chi connectivity index (χ0) is 14.9. The fraction of sp³-hybridized carbons (Fsp3) is 0.571. The van der Waals surface area contributed by atoms with E-state index in [0.717, 1.165) is 0 Å². The number of esters is 2. The molecule has 0 amide bonds. The van der Waals surface area contributed by atoms with Crippen LogP contribution < -0.4 is 0 Å². The summed E-state index contributed by atoms with van der Waals surface area (Å²) in [5.41, 5.74) is 0. The number of allylic oxidation sites excluding steroid dienone is 2. The highest BCUT2D eigenvalue weighted by Gasteiger charge is 2.58. The number of hydrogen-bond acceptors (Lipinski definition) is 6. The Hall–Kier alpha value is -2.34. The zero-order valence-electron chi connectivity index (χ0n) is 11.1. The predicted octanol–water partition coefficient (Wildman–Crippen LogP) is 0.660. The number of methoxy groups -OCH3 is 2. The van der Waals surface area contributed by atoms with Gasteiger partial charge < -0.3 is 9.47 Å². The summed E-state index contributed by atoms with van der Waals surface area (Å²) in [6.07, 6.45) is 3.49. The largest absolute Gasteiger partial charge is 0.469 e. The van der Waals surface area contributed by atoms with Crippen molar-refractivity contribution >= 4 is 11.9 Å². The lowest BCUT2D eigenvalue weighted by Crippen LogP contribution is -2.53. The lowest BCUT2D eigenvalue weighted by Gasteiger charge is -2.46. The molecule has 0 aromatic carbocycles. The van der Waals surface area contributed by atoms with Gasteiger partial charge in [-0.25, -0.2) is 0 Å². The number of hydrogen-bond donors (Lipinski definition) is 0. The summed E-state index contributed by atoms with van der Waals surface area (Å²) in [6, 6.07) is 4.18. The molecule has 0 heterocycles. The zero-order valence-corrected chi connectivity index (χ0v) is 11.1. The van der Waals surface area contributed by atoms with Crippen LogP contribution in [0.15, 0.2) is 12.2 Å². The molecular formula is C14H14N2O4. The van der Waals surface area contributed by atoms with Gasteiger partial charge in [0.1, 0.15) is 0 Å². The third kappa shape index (κ3) is 1.85. The van der Waals surface area contributed by atoms with Crippen molar-refractivity contribution in [3.63, 3.8) is 0 Å². The van der Waals surface area contributed by atoms with Crippen LogP contribution in [0.1, 0.15) is 0 Å². The summed E-state index contributed by atoms with van der Waals surface area (Å²) in [7, 11) is 2.48. The monoisotopic (exact) mass is 274 g/mol. The van der Waals surface area contributed by atoms with Gasteiger partial charge in [0.05, 0.1) is 50.0 Å². The van der Waals surface area contributed by atoms with Crippen LogP contribution in [0.5, 0.6) is 0 Å². The van der Waals surface area contributed by atoms with Gasteiger partial charge in [0.25, 0.3) is 0 Å². The third-order valence-electron chi connectivity index (χ3n) is 4.23. The van der Waals surface area contributed by atoms with Crippen LogP contribution in [-0.2, 0) is 19.1 Å². The summed E-state index contributed by atoms with van der Waals surface area (Å²) in [5, 5.41) is 18.5. The normalized spacial score (nSPS) is 37.6. The minimum Gasteiger partial charge on any atom is -0.469 e. The highest BCUT2D eigenvalue weighted by molar-refractivity contribution is 5.84. The molecule has 0 aromatic heterocycles. The topological polar surface area (TPSA) is 100 Å². The van der Waals surface area contributed by atoms with Crippen molar-refractivity contribution in [3.05, 3.63) is 12.2 Å². The third-order valence-corrected chi connectivity index (χ3v) is 4.23. The van der Waals surface area contributed by atoms with Crippen molar-refractivity contribution in [2.75, 3.05) is 14.2 Å². The second-order valence-electron chi connectivity index (χ2n) is 4.95. The predicted molar refractivity (Wildman–Crippen MR) is 65.3 cm³/mol. The molecule has 0 aromatic rings. The highest BCUT2D eigenvalue weighted by atomic mass is 16.5. The molecule has 1 fully saturated rings. The number of nitriles is 2. The number of rotatable bonds is 2. The Bertz CT molecular complexity index is 494. The van der Waals surface area contributed by atoms with E-state index in [1.54, 1.807) is 12.2 Å². The first kappa shape index (κ1) is 14.1. The fourth-order valence-electron chi connectivity index (χ4n) is 3.35. The Morgan fingerprint density at radius 3 is 1.50 bits per heavy atom. The summed E-state index contributed by atoms with van der Waals surface area (Å²) >= 11 is 0. The molecule has 3 aliphatic rings. The van der Waals surface area contributed by atoms with Crippen LogP contribution >= 0.6 is 0 Å². The number of carbonyl (C=O) groups excluding carboxylic acids is 2. The van der Waals surface area contributed by atoms with Gasteiger partial charge in [-0.2, -0.15) is 10.5 Å². The van der Waals surface area contributed by atoms with E-state index in [1.807, 2.05) is 0 Å². The Morgan fingerprint density at radius 2 is 1.25 bits per heavy atom. The van der Waals surface area contributed by atoms with Crippen LogP contribution in [0.2, 0.25) is 0 Å². The van der Waals surface area contributed by atoms with Gasteiger partial charge in [0, 0.05) is 11.8 Å². The van der Waals surface area contributed by atoms with E-state index in [1.165, 1.54) is 14.2 Å². The van der Waals surface area contributed by atoms with Crippen molar-refractivity contribution in [1.29, 1.82) is 10.5 Å². The molecule has 3 rings (SSSR count). The van der Waals surface area contributed by atoms with Gasteiger partial charge in [0.2, 0.25) is 0 Å². The number of fused-ring (bicyclic) bond motifs is 2.